The van der Waals surface area contributed by atoms with Gasteiger partial charge in [0.1, 0.15) is 0 Å². The van der Waals surface area contributed by atoms with Crippen molar-refractivity contribution in [3.8, 4) is 5.88 Å². The molecule has 0 saturated heterocycles. The number of hydrogen-bond donors (Lipinski definition) is 0. The maximum absolute atomic E-state index is 13.0. The lowest BCUT2D eigenvalue weighted by Crippen LogP contribution is -2.40. The summed E-state index contributed by atoms with van der Waals surface area (Å²) in [4.78, 5) is 19.2. The highest BCUT2D eigenvalue weighted by atomic mass is 16.5. The Labute approximate surface area is 143 Å². The van der Waals surface area contributed by atoms with E-state index in [4.69, 9.17) is 4.74 Å². The zero-order chi connectivity index (χ0) is 16.8. The molecule has 1 aromatic carbocycles. The van der Waals surface area contributed by atoms with Gasteiger partial charge in [-0.25, -0.2) is 4.98 Å². The van der Waals surface area contributed by atoms with Crippen LogP contribution in [0.2, 0.25) is 0 Å². The third-order valence-corrected chi connectivity index (χ3v) is 4.70. The van der Waals surface area contributed by atoms with E-state index in [1.165, 1.54) is 18.4 Å². The second-order valence-electron chi connectivity index (χ2n) is 6.26. The van der Waals surface area contributed by atoms with E-state index in [9.17, 15) is 4.79 Å². The number of methoxy groups -OCH3 is 1. The summed E-state index contributed by atoms with van der Waals surface area (Å²) < 4.78 is 5.08. The number of pyridine rings is 1. The van der Waals surface area contributed by atoms with E-state index in [1.807, 2.05) is 23.1 Å². The third kappa shape index (κ3) is 3.94. The number of nitrogens with zero attached hydrogens (tertiary/aromatic N) is 2. The van der Waals surface area contributed by atoms with Gasteiger partial charge in [0.15, 0.2) is 0 Å². The summed E-state index contributed by atoms with van der Waals surface area (Å²) in [5.41, 5.74) is 1.90. The molecular weight excluding hydrogens is 300 g/mol. The maximum atomic E-state index is 13.0. The van der Waals surface area contributed by atoms with Crippen LogP contribution in [0.3, 0.4) is 0 Å². The average molecular weight is 324 g/mol. The summed E-state index contributed by atoms with van der Waals surface area (Å²) in [6.07, 6.45) is 7.12. The van der Waals surface area contributed by atoms with Gasteiger partial charge >= 0.3 is 0 Å². The Kier molecular flexibility index (Phi) is 5.47. The molecule has 1 fully saturated rings. The van der Waals surface area contributed by atoms with E-state index in [2.05, 4.69) is 17.1 Å². The van der Waals surface area contributed by atoms with Crippen LogP contribution in [-0.2, 0) is 6.42 Å². The number of hydrogen-bond acceptors (Lipinski definition) is 3. The Balaban J connectivity index is 1.74. The highest BCUT2D eigenvalue weighted by molar-refractivity contribution is 5.94. The van der Waals surface area contributed by atoms with Crippen LogP contribution in [0.5, 0.6) is 5.88 Å². The number of carbonyl (C=O) groups is 1. The van der Waals surface area contributed by atoms with Crippen molar-refractivity contribution in [2.45, 2.75) is 38.1 Å². The molecule has 1 heterocycles. The lowest BCUT2D eigenvalue weighted by Gasteiger charge is -2.29. The van der Waals surface area contributed by atoms with E-state index in [0.29, 0.717) is 17.5 Å². The van der Waals surface area contributed by atoms with Crippen LogP contribution in [0.25, 0.3) is 0 Å². The molecule has 2 aromatic rings. The zero-order valence-electron chi connectivity index (χ0n) is 14.1. The van der Waals surface area contributed by atoms with Crippen molar-refractivity contribution in [3.63, 3.8) is 0 Å². The lowest BCUT2D eigenvalue weighted by atomic mass is 10.1. The molecule has 1 aliphatic carbocycles. The second kappa shape index (κ2) is 7.95. The summed E-state index contributed by atoms with van der Waals surface area (Å²) in [6, 6.07) is 14.2. The van der Waals surface area contributed by atoms with Gasteiger partial charge in [0, 0.05) is 24.8 Å². The van der Waals surface area contributed by atoms with Gasteiger partial charge in [0.25, 0.3) is 5.91 Å². The number of amides is 1. The summed E-state index contributed by atoms with van der Waals surface area (Å²) in [5.74, 6) is 0.608. The highest BCUT2D eigenvalue weighted by Gasteiger charge is 2.27. The van der Waals surface area contributed by atoms with Crippen LogP contribution in [0.4, 0.5) is 0 Å². The topological polar surface area (TPSA) is 42.4 Å². The molecule has 0 bridgehead atoms. The van der Waals surface area contributed by atoms with E-state index >= 15 is 0 Å². The first-order valence-corrected chi connectivity index (χ1v) is 8.63. The second-order valence-corrected chi connectivity index (χ2v) is 6.26. The Morgan fingerprint density at radius 2 is 1.92 bits per heavy atom. The molecule has 0 N–H and O–H groups in total. The van der Waals surface area contributed by atoms with Crippen LogP contribution >= 0.6 is 0 Å². The van der Waals surface area contributed by atoms with E-state index in [1.54, 1.807) is 25.4 Å². The van der Waals surface area contributed by atoms with Gasteiger partial charge in [-0.3, -0.25) is 4.79 Å². The van der Waals surface area contributed by atoms with Crippen LogP contribution < -0.4 is 4.74 Å². The fourth-order valence-corrected chi connectivity index (χ4v) is 3.35. The molecule has 0 spiro atoms. The van der Waals surface area contributed by atoms with Gasteiger partial charge in [0.05, 0.1) is 12.7 Å². The van der Waals surface area contributed by atoms with E-state index in [-0.39, 0.29) is 5.91 Å². The van der Waals surface area contributed by atoms with E-state index in [0.717, 1.165) is 25.8 Å². The molecule has 0 atom stereocenters. The van der Waals surface area contributed by atoms with Crippen LogP contribution in [-0.4, -0.2) is 35.5 Å². The SMILES string of the molecule is COc1ccc(C(=O)N(CCc2ccccc2)C2CCCC2)cn1. The summed E-state index contributed by atoms with van der Waals surface area (Å²) in [5, 5.41) is 0. The standard InChI is InChI=1S/C20H24N2O2/c1-24-19-12-11-17(15-21-19)20(23)22(18-9-5-6-10-18)14-13-16-7-3-2-4-8-16/h2-4,7-8,11-12,15,18H,5-6,9-10,13-14H2,1H3. The monoisotopic (exact) mass is 324 g/mol. The van der Waals surface area contributed by atoms with Crippen molar-refractivity contribution < 1.29 is 9.53 Å². The van der Waals surface area contributed by atoms with Gasteiger partial charge in [-0.1, -0.05) is 43.2 Å². The summed E-state index contributed by atoms with van der Waals surface area (Å²) >= 11 is 0. The first kappa shape index (κ1) is 16.5. The molecule has 4 heteroatoms. The van der Waals surface area contributed by atoms with Crippen molar-refractivity contribution in [2.24, 2.45) is 0 Å². The first-order chi connectivity index (χ1) is 11.8. The summed E-state index contributed by atoms with van der Waals surface area (Å²) in [7, 11) is 1.58. The molecule has 1 saturated carbocycles. The smallest absolute Gasteiger partial charge is 0.255 e. The van der Waals surface area contributed by atoms with Crippen LogP contribution in [0.1, 0.15) is 41.6 Å². The largest absolute Gasteiger partial charge is 0.481 e. The van der Waals surface area contributed by atoms with Crippen molar-refractivity contribution in [2.75, 3.05) is 13.7 Å². The zero-order valence-corrected chi connectivity index (χ0v) is 14.1. The first-order valence-electron chi connectivity index (χ1n) is 8.63. The van der Waals surface area contributed by atoms with Gasteiger partial charge < -0.3 is 9.64 Å². The molecule has 1 aliphatic rings. The van der Waals surface area contributed by atoms with Gasteiger partial charge in [-0.05, 0) is 30.9 Å². The summed E-state index contributed by atoms with van der Waals surface area (Å²) in [6.45, 7) is 0.750. The van der Waals surface area contributed by atoms with Crippen LogP contribution in [0.15, 0.2) is 48.7 Å². The predicted octanol–water partition coefficient (Wildman–Crippen LogP) is 3.72. The molecule has 0 unspecified atom stereocenters. The van der Waals surface area contributed by atoms with Crippen molar-refractivity contribution in [1.82, 2.24) is 9.88 Å². The Morgan fingerprint density at radius 1 is 1.17 bits per heavy atom. The molecule has 1 amide bonds. The third-order valence-electron chi connectivity index (χ3n) is 4.70. The minimum atomic E-state index is 0.0768. The van der Waals surface area contributed by atoms with Crippen molar-refractivity contribution in [1.29, 1.82) is 0 Å². The fourth-order valence-electron chi connectivity index (χ4n) is 3.35. The van der Waals surface area contributed by atoms with Gasteiger partial charge in [-0.2, -0.15) is 0 Å². The molecular formula is C20H24N2O2. The average Bonchev–Trinajstić information content (AvgIpc) is 3.17. The molecule has 0 aliphatic heterocycles. The molecule has 126 valence electrons. The van der Waals surface area contributed by atoms with Crippen molar-refractivity contribution in [3.05, 3.63) is 59.8 Å². The number of carbonyl (C=O) groups excluding carboxylic acids is 1. The van der Waals surface area contributed by atoms with E-state index < -0.39 is 0 Å². The van der Waals surface area contributed by atoms with Crippen LogP contribution in [0, 0.1) is 0 Å². The Hall–Kier alpha value is -2.36. The fraction of sp³-hybridized carbons (Fsp3) is 0.400. The normalized spacial score (nSPS) is 14.5. The van der Waals surface area contributed by atoms with Gasteiger partial charge in [0.2, 0.25) is 5.88 Å². The minimum Gasteiger partial charge on any atom is -0.481 e. The maximum Gasteiger partial charge on any atom is 0.255 e. The molecule has 24 heavy (non-hydrogen) atoms. The molecule has 4 nitrogen and oxygen atoms in total. The van der Waals surface area contributed by atoms with Gasteiger partial charge in [-0.15, -0.1) is 0 Å². The number of rotatable bonds is 6. The molecule has 3 rings (SSSR count). The lowest BCUT2D eigenvalue weighted by molar-refractivity contribution is 0.0683. The predicted molar refractivity (Wildman–Crippen MR) is 94.2 cm³/mol. The Bertz CT molecular complexity index is 649. The quantitative estimate of drug-likeness (QED) is 0.813. The highest BCUT2D eigenvalue weighted by Crippen LogP contribution is 2.25. The number of aromatic nitrogens is 1. The minimum absolute atomic E-state index is 0.0768. The molecule has 1 aromatic heterocycles. The molecule has 0 radical (unpaired) electrons. The number of ether oxygens (including phenoxy) is 1. The van der Waals surface area contributed by atoms with Crippen molar-refractivity contribution >= 4 is 5.91 Å². The Morgan fingerprint density at radius 3 is 2.54 bits per heavy atom. The number of benzene rings is 1.